The Balaban J connectivity index is 0. The molecular weight excluding hydrogens is 101 g/mol. The summed E-state index contributed by atoms with van der Waals surface area (Å²) in [5, 5.41) is 3.08. The van der Waals surface area contributed by atoms with E-state index in [4.69, 9.17) is 5.73 Å². The van der Waals surface area contributed by atoms with Crippen molar-refractivity contribution in [2.45, 2.75) is 6.92 Å². The maximum atomic E-state index is 4.92. The van der Waals surface area contributed by atoms with Gasteiger partial charge in [0.05, 0.1) is 0 Å². The number of rotatable bonds is 0. The Morgan fingerprint density at radius 1 is 1.67 bits per heavy atom. The first kappa shape index (κ1) is 9.12. The maximum absolute atomic E-state index is 4.92. The maximum Gasteiger partial charge on any atom is 0.116 e. The molecule has 0 saturated heterocycles. The van der Waals surface area contributed by atoms with Gasteiger partial charge in [-0.05, 0) is 6.92 Å². The molecule has 0 aliphatic carbocycles. The highest BCUT2D eigenvalue weighted by Gasteiger charge is 1.62. The molecule has 4 N–H and O–H groups in total. The van der Waals surface area contributed by atoms with Crippen LogP contribution in [0.1, 0.15) is 6.92 Å². The number of amidine groups is 1. The molecule has 38 valence electrons. The van der Waals surface area contributed by atoms with Crippen LogP contribution in [0.3, 0.4) is 0 Å². The molecule has 0 bridgehead atoms. The van der Waals surface area contributed by atoms with Gasteiger partial charge < -0.3 is 11.6 Å². The minimum Gasteiger partial charge on any atom is -0.386 e. The zero-order valence-corrected chi connectivity index (χ0v) is 4.33. The van der Waals surface area contributed by atoms with Crippen molar-refractivity contribution in [2.24, 2.45) is 16.7 Å². The predicted molar refractivity (Wildman–Crippen MR) is 28.7 cm³/mol. The summed E-state index contributed by atoms with van der Waals surface area (Å²) >= 11 is 0. The van der Waals surface area contributed by atoms with Gasteiger partial charge in [-0.2, -0.15) is 5.10 Å². The summed E-state index contributed by atoms with van der Waals surface area (Å²) in [4.78, 5) is 0. The minimum absolute atomic E-state index is 0. The van der Waals surface area contributed by atoms with Crippen molar-refractivity contribution in [3.05, 3.63) is 0 Å². The molecule has 0 heterocycles. The molecule has 0 amide bonds. The number of hydrogen-bond donors (Lipinski definition) is 2. The summed E-state index contributed by atoms with van der Waals surface area (Å²) in [5.41, 5.74) is 4.92. The van der Waals surface area contributed by atoms with Gasteiger partial charge in [0.25, 0.3) is 0 Å². The average molecular weight is 110 g/mol. The summed E-state index contributed by atoms with van der Waals surface area (Å²) < 4.78 is 0. The molecule has 4 heteroatoms. The van der Waals surface area contributed by atoms with Gasteiger partial charge in [-0.3, -0.25) is 0 Å². The molecule has 0 aliphatic heterocycles. The van der Waals surface area contributed by atoms with E-state index in [9.17, 15) is 0 Å². The lowest BCUT2D eigenvalue weighted by atomic mass is 10.7. The van der Waals surface area contributed by atoms with Crippen molar-refractivity contribution in [1.29, 1.82) is 0 Å². The lowest BCUT2D eigenvalue weighted by Crippen LogP contribution is -2.07. The molecule has 0 atom stereocenters. The fourth-order valence-corrected chi connectivity index (χ4v) is 0. The Morgan fingerprint density at radius 2 is 1.83 bits per heavy atom. The predicted octanol–water partition coefficient (Wildman–Crippen LogP) is -0.341. The number of hydrazone groups is 1. The van der Waals surface area contributed by atoms with Crippen LogP contribution in [0, 0.1) is 0 Å². The van der Waals surface area contributed by atoms with Gasteiger partial charge in [0.15, 0.2) is 0 Å². The van der Waals surface area contributed by atoms with E-state index in [1.165, 1.54) is 0 Å². The van der Waals surface area contributed by atoms with E-state index in [0.29, 0.717) is 5.84 Å². The van der Waals surface area contributed by atoms with Gasteiger partial charge in [-0.1, -0.05) is 0 Å². The first-order chi connectivity index (χ1) is 2.27. The van der Waals surface area contributed by atoms with E-state index in [-0.39, 0.29) is 12.4 Å². The van der Waals surface area contributed by atoms with Crippen LogP contribution < -0.4 is 11.6 Å². The first-order valence-corrected chi connectivity index (χ1v) is 1.27. The Labute approximate surface area is 42.8 Å². The molecule has 0 aromatic rings. The molecule has 0 fully saturated rings. The minimum atomic E-state index is 0. The van der Waals surface area contributed by atoms with Gasteiger partial charge >= 0.3 is 0 Å². The van der Waals surface area contributed by atoms with E-state index in [1.807, 2.05) is 0 Å². The van der Waals surface area contributed by atoms with Crippen LogP contribution in [-0.4, -0.2) is 5.84 Å². The molecular formula is C2H8ClN3. The van der Waals surface area contributed by atoms with Crippen LogP contribution in [-0.2, 0) is 0 Å². The van der Waals surface area contributed by atoms with Crippen LogP contribution in [0.4, 0.5) is 0 Å². The highest BCUT2D eigenvalue weighted by atomic mass is 35.5. The van der Waals surface area contributed by atoms with Crippen LogP contribution in [0.25, 0.3) is 0 Å². The zero-order chi connectivity index (χ0) is 4.28. The van der Waals surface area contributed by atoms with Crippen LogP contribution >= 0.6 is 12.4 Å². The first-order valence-electron chi connectivity index (χ1n) is 1.27. The lowest BCUT2D eigenvalue weighted by molar-refractivity contribution is 1.22. The van der Waals surface area contributed by atoms with Crippen LogP contribution in [0.5, 0.6) is 0 Å². The van der Waals surface area contributed by atoms with E-state index in [1.54, 1.807) is 6.92 Å². The van der Waals surface area contributed by atoms with Crippen molar-refractivity contribution in [3.8, 4) is 0 Å². The highest BCUT2D eigenvalue weighted by Crippen LogP contribution is 1.46. The largest absolute Gasteiger partial charge is 0.386 e. The van der Waals surface area contributed by atoms with Gasteiger partial charge in [0.2, 0.25) is 0 Å². The van der Waals surface area contributed by atoms with E-state index in [2.05, 4.69) is 10.9 Å². The summed E-state index contributed by atoms with van der Waals surface area (Å²) in [6.45, 7) is 1.62. The summed E-state index contributed by atoms with van der Waals surface area (Å²) in [6.07, 6.45) is 0. The number of halogens is 1. The SMILES string of the molecule is C/C(N)=N/N.Cl. The van der Waals surface area contributed by atoms with Gasteiger partial charge in [0, 0.05) is 0 Å². The van der Waals surface area contributed by atoms with Crippen molar-refractivity contribution >= 4 is 18.2 Å². The van der Waals surface area contributed by atoms with Crippen LogP contribution in [0.15, 0.2) is 5.10 Å². The number of nitrogens with zero attached hydrogens (tertiary/aromatic N) is 1. The Bertz CT molecular complexity index is 46.8. The molecule has 0 saturated carbocycles. The van der Waals surface area contributed by atoms with Crippen molar-refractivity contribution in [3.63, 3.8) is 0 Å². The van der Waals surface area contributed by atoms with Gasteiger partial charge in [-0.25, -0.2) is 0 Å². The average Bonchev–Trinajstić information content (AvgIpc) is 1.38. The second kappa shape index (κ2) is 4.56. The number of nitrogens with two attached hydrogens (primary N) is 2. The van der Waals surface area contributed by atoms with Crippen LogP contribution in [0.2, 0.25) is 0 Å². The quantitative estimate of drug-likeness (QED) is 0.193. The van der Waals surface area contributed by atoms with Crippen molar-refractivity contribution in [2.75, 3.05) is 0 Å². The smallest absolute Gasteiger partial charge is 0.116 e. The third-order valence-corrected chi connectivity index (χ3v) is 0.204. The molecule has 0 aromatic carbocycles. The van der Waals surface area contributed by atoms with Crippen molar-refractivity contribution in [1.82, 2.24) is 0 Å². The summed E-state index contributed by atoms with van der Waals surface area (Å²) in [7, 11) is 0. The monoisotopic (exact) mass is 109 g/mol. The summed E-state index contributed by atoms with van der Waals surface area (Å²) in [5.74, 6) is 5.04. The molecule has 6 heavy (non-hydrogen) atoms. The fourth-order valence-electron chi connectivity index (χ4n) is 0. The third-order valence-electron chi connectivity index (χ3n) is 0.204. The molecule has 0 spiro atoms. The molecule has 0 aliphatic rings. The third kappa shape index (κ3) is 9.59. The van der Waals surface area contributed by atoms with Crippen molar-refractivity contribution < 1.29 is 0 Å². The molecule has 0 aromatic heterocycles. The topological polar surface area (TPSA) is 64.4 Å². The van der Waals surface area contributed by atoms with Gasteiger partial charge in [0.1, 0.15) is 5.84 Å². The Hall–Kier alpha value is -0.440. The normalized spacial score (nSPS) is 9.83. The lowest BCUT2D eigenvalue weighted by Gasteiger charge is -1.75. The van der Waals surface area contributed by atoms with Gasteiger partial charge in [-0.15, -0.1) is 12.4 Å². The van der Waals surface area contributed by atoms with E-state index in [0.717, 1.165) is 0 Å². The fraction of sp³-hybridized carbons (Fsp3) is 0.500. The number of hydrogen-bond acceptors (Lipinski definition) is 2. The van der Waals surface area contributed by atoms with E-state index < -0.39 is 0 Å². The van der Waals surface area contributed by atoms with E-state index >= 15 is 0 Å². The highest BCUT2D eigenvalue weighted by molar-refractivity contribution is 5.85. The Kier molecular flexibility index (Phi) is 6.93. The standard InChI is InChI=1S/C2H7N3.ClH/c1-2(3)5-4;/h4H2,1H3,(H2,3,5);1H. The summed E-state index contributed by atoms with van der Waals surface area (Å²) in [6, 6.07) is 0. The molecule has 0 radical (unpaired) electrons. The second-order valence-corrected chi connectivity index (χ2v) is 0.770. The molecule has 0 unspecified atom stereocenters. The molecule has 0 rings (SSSR count). The zero-order valence-electron chi connectivity index (χ0n) is 3.51. The Morgan fingerprint density at radius 3 is 1.83 bits per heavy atom. The molecule has 3 nitrogen and oxygen atoms in total. The second-order valence-electron chi connectivity index (χ2n) is 0.770.